The summed E-state index contributed by atoms with van der Waals surface area (Å²) in [6.07, 6.45) is 1.43. The molecule has 1 aromatic carbocycles. The first-order valence-electron chi connectivity index (χ1n) is 5.95. The summed E-state index contributed by atoms with van der Waals surface area (Å²) in [5.41, 5.74) is -0.158. The Labute approximate surface area is 115 Å². The summed E-state index contributed by atoms with van der Waals surface area (Å²) in [6, 6.07) is 6.78. The number of hydrogen-bond acceptors (Lipinski definition) is 4. The summed E-state index contributed by atoms with van der Waals surface area (Å²) in [5.74, 6) is -1.03. The highest BCUT2D eigenvalue weighted by atomic mass is 19.1. The minimum atomic E-state index is -0.747. The molecule has 0 aliphatic rings. The van der Waals surface area contributed by atoms with Crippen LogP contribution in [0, 0.1) is 5.82 Å². The molecule has 6 heteroatoms. The molecule has 1 unspecified atom stereocenters. The van der Waals surface area contributed by atoms with Gasteiger partial charge in [0.1, 0.15) is 11.8 Å². The zero-order chi connectivity index (χ0) is 14.5. The van der Waals surface area contributed by atoms with Crippen LogP contribution in [0.15, 0.2) is 41.0 Å². The predicted molar refractivity (Wildman–Crippen MR) is 69.0 cm³/mol. The average Bonchev–Trinajstić information content (AvgIpc) is 2.98. The lowest BCUT2D eigenvalue weighted by atomic mass is 10.1. The van der Waals surface area contributed by atoms with Gasteiger partial charge in [-0.05, 0) is 24.3 Å². The van der Waals surface area contributed by atoms with E-state index in [4.69, 9.17) is 9.15 Å². The van der Waals surface area contributed by atoms with E-state index in [1.54, 1.807) is 12.1 Å². The fourth-order valence-electron chi connectivity index (χ4n) is 1.78. The van der Waals surface area contributed by atoms with Gasteiger partial charge in [-0.3, -0.25) is 4.79 Å². The van der Waals surface area contributed by atoms with Crippen LogP contribution in [-0.2, 0) is 0 Å². The Hall–Kier alpha value is -2.34. The van der Waals surface area contributed by atoms with E-state index in [1.807, 2.05) is 0 Å². The van der Waals surface area contributed by atoms with Crippen LogP contribution in [0.4, 0.5) is 4.39 Å². The Balaban J connectivity index is 2.19. The summed E-state index contributed by atoms with van der Waals surface area (Å²) in [5, 5.41) is 11.8. The van der Waals surface area contributed by atoms with Crippen molar-refractivity contribution in [3.05, 3.63) is 53.7 Å². The molecule has 0 fully saturated rings. The zero-order valence-corrected chi connectivity index (χ0v) is 10.8. The number of ether oxygens (including phenoxy) is 1. The van der Waals surface area contributed by atoms with Gasteiger partial charge in [0.25, 0.3) is 5.91 Å². The van der Waals surface area contributed by atoms with E-state index in [0.29, 0.717) is 5.76 Å². The van der Waals surface area contributed by atoms with Crippen LogP contribution in [0.25, 0.3) is 0 Å². The topological polar surface area (TPSA) is 71.7 Å². The fourth-order valence-corrected chi connectivity index (χ4v) is 1.78. The summed E-state index contributed by atoms with van der Waals surface area (Å²) >= 11 is 0. The van der Waals surface area contributed by atoms with Crippen LogP contribution in [0.1, 0.15) is 22.2 Å². The number of benzene rings is 1. The molecule has 1 heterocycles. The SMILES string of the molecule is COc1cccc(C(=O)NC(CO)c2ccco2)c1F. The minimum absolute atomic E-state index is 0.0174. The van der Waals surface area contributed by atoms with Crippen molar-refractivity contribution in [2.45, 2.75) is 6.04 Å². The molecule has 0 aliphatic carbocycles. The van der Waals surface area contributed by atoms with Gasteiger partial charge in [0.05, 0.1) is 25.5 Å². The molecule has 0 saturated heterocycles. The Bertz CT molecular complexity index is 583. The molecule has 2 N–H and O–H groups in total. The van der Waals surface area contributed by atoms with Crippen LogP contribution in [0.5, 0.6) is 5.75 Å². The van der Waals surface area contributed by atoms with Gasteiger partial charge in [0.2, 0.25) is 0 Å². The molecular weight excluding hydrogens is 265 g/mol. The molecule has 0 spiro atoms. The molecule has 0 bridgehead atoms. The van der Waals surface area contributed by atoms with Gasteiger partial charge in [0, 0.05) is 0 Å². The molecule has 20 heavy (non-hydrogen) atoms. The van der Waals surface area contributed by atoms with Gasteiger partial charge < -0.3 is 19.6 Å². The quantitative estimate of drug-likeness (QED) is 0.876. The molecule has 2 rings (SSSR count). The number of methoxy groups -OCH3 is 1. The standard InChI is InChI=1S/C14H14FNO4/c1-19-12-5-2-4-9(13(12)15)14(18)16-10(8-17)11-6-3-7-20-11/h2-7,10,17H,8H2,1H3,(H,16,18). The number of nitrogens with one attached hydrogen (secondary N) is 1. The predicted octanol–water partition coefficient (Wildman–Crippen LogP) is 1.89. The van der Waals surface area contributed by atoms with E-state index < -0.39 is 17.8 Å². The lowest BCUT2D eigenvalue weighted by molar-refractivity contribution is 0.0902. The molecule has 0 saturated carbocycles. The molecular formula is C14H14FNO4. The molecule has 0 radical (unpaired) electrons. The third-order valence-electron chi connectivity index (χ3n) is 2.80. The van der Waals surface area contributed by atoms with E-state index in [-0.39, 0.29) is 17.9 Å². The maximum absolute atomic E-state index is 13.9. The number of halogens is 1. The molecule has 1 aromatic heterocycles. The maximum atomic E-state index is 13.9. The van der Waals surface area contributed by atoms with Gasteiger partial charge in [-0.15, -0.1) is 0 Å². The van der Waals surface area contributed by atoms with Crippen LogP contribution in [-0.4, -0.2) is 24.7 Å². The van der Waals surface area contributed by atoms with E-state index >= 15 is 0 Å². The lowest BCUT2D eigenvalue weighted by Crippen LogP contribution is -2.31. The van der Waals surface area contributed by atoms with Crippen molar-refractivity contribution in [3.63, 3.8) is 0 Å². The number of aliphatic hydroxyl groups is 1. The average molecular weight is 279 g/mol. The number of rotatable bonds is 5. The van der Waals surface area contributed by atoms with E-state index in [9.17, 15) is 14.3 Å². The second-order valence-electron chi connectivity index (χ2n) is 4.05. The molecule has 0 aliphatic heterocycles. The van der Waals surface area contributed by atoms with E-state index in [2.05, 4.69) is 5.32 Å². The maximum Gasteiger partial charge on any atom is 0.255 e. The van der Waals surface area contributed by atoms with Crippen molar-refractivity contribution in [2.24, 2.45) is 0 Å². The monoisotopic (exact) mass is 279 g/mol. The first-order valence-corrected chi connectivity index (χ1v) is 5.95. The number of carbonyl (C=O) groups is 1. The minimum Gasteiger partial charge on any atom is -0.494 e. The van der Waals surface area contributed by atoms with Crippen LogP contribution in [0.3, 0.4) is 0 Å². The Kier molecular flexibility index (Phi) is 4.37. The third-order valence-corrected chi connectivity index (χ3v) is 2.80. The number of furan rings is 1. The third kappa shape index (κ3) is 2.80. The van der Waals surface area contributed by atoms with Crippen LogP contribution in [0.2, 0.25) is 0 Å². The first-order chi connectivity index (χ1) is 9.67. The van der Waals surface area contributed by atoms with Crippen LogP contribution < -0.4 is 10.1 Å². The van der Waals surface area contributed by atoms with Crippen molar-refractivity contribution >= 4 is 5.91 Å². The van der Waals surface area contributed by atoms with Gasteiger partial charge >= 0.3 is 0 Å². The van der Waals surface area contributed by atoms with Gasteiger partial charge in [0.15, 0.2) is 11.6 Å². The number of aliphatic hydroxyl groups excluding tert-OH is 1. The molecule has 2 aromatic rings. The van der Waals surface area contributed by atoms with Crippen molar-refractivity contribution in [1.29, 1.82) is 0 Å². The Morgan fingerprint density at radius 1 is 1.45 bits per heavy atom. The van der Waals surface area contributed by atoms with Crippen molar-refractivity contribution in [3.8, 4) is 5.75 Å². The number of hydrogen-bond donors (Lipinski definition) is 2. The first kappa shape index (κ1) is 14.1. The normalized spacial score (nSPS) is 11.9. The summed E-state index contributed by atoms with van der Waals surface area (Å²) in [6.45, 7) is -0.356. The zero-order valence-electron chi connectivity index (χ0n) is 10.8. The molecule has 1 atom stereocenters. The molecule has 5 nitrogen and oxygen atoms in total. The fraction of sp³-hybridized carbons (Fsp3) is 0.214. The highest BCUT2D eigenvalue weighted by molar-refractivity contribution is 5.95. The lowest BCUT2D eigenvalue weighted by Gasteiger charge is -2.14. The second-order valence-corrected chi connectivity index (χ2v) is 4.05. The Morgan fingerprint density at radius 3 is 2.85 bits per heavy atom. The van der Waals surface area contributed by atoms with Crippen molar-refractivity contribution in [2.75, 3.05) is 13.7 Å². The molecule has 106 valence electrons. The Morgan fingerprint density at radius 2 is 2.25 bits per heavy atom. The van der Waals surface area contributed by atoms with Crippen LogP contribution >= 0.6 is 0 Å². The summed E-state index contributed by atoms with van der Waals surface area (Å²) in [4.78, 5) is 12.0. The van der Waals surface area contributed by atoms with Gasteiger partial charge in [-0.25, -0.2) is 4.39 Å². The smallest absolute Gasteiger partial charge is 0.255 e. The summed E-state index contributed by atoms with van der Waals surface area (Å²) in [7, 11) is 1.32. The van der Waals surface area contributed by atoms with E-state index in [0.717, 1.165) is 0 Å². The van der Waals surface area contributed by atoms with Gasteiger partial charge in [-0.1, -0.05) is 6.07 Å². The number of carbonyl (C=O) groups excluding carboxylic acids is 1. The second kappa shape index (κ2) is 6.21. The van der Waals surface area contributed by atoms with Crippen molar-refractivity contribution < 1.29 is 23.4 Å². The highest BCUT2D eigenvalue weighted by Gasteiger charge is 2.20. The van der Waals surface area contributed by atoms with Gasteiger partial charge in [-0.2, -0.15) is 0 Å². The molecule has 1 amide bonds. The largest absolute Gasteiger partial charge is 0.494 e. The highest BCUT2D eigenvalue weighted by Crippen LogP contribution is 2.21. The van der Waals surface area contributed by atoms with E-state index in [1.165, 1.54) is 31.6 Å². The summed E-state index contributed by atoms with van der Waals surface area (Å²) < 4.78 is 23.9. The van der Waals surface area contributed by atoms with Crippen molar-refractivity contribution in [1.82, 2.24) is 5.32 Å². The number of amides is 1.